The highest BCUT2D eigenvalue weighted by atomic mass is 35.5. The number of hydrogen-bond acceptors (Lipinski definition) is 4. The molecule has 24 heavy (non-hydrogen) atoms. The van der Waals surface area contributed by atoms with Gasteiger partial charge in [0, 0.05) is 29.3 Å². The van der Waals surface area contributed by atoms with Crippen LogP contribution in [-0.2, 0) is 6.42 Å². The van der Waals surface area contributed by atoms with Crippen molar-refractivity contribution in [1.29, 1.82) is 0 Å². The zero-order valence-corrected chi connectivity index (χ0v) is 13.4. The van der Waals surface area contributed by atoms with Gasteiger partial charge in [-0.05, 0) is 24.3 Å². The molecule has 0 saturated carbocycles. The summed E-state index contributed by atoms with van der Waals surface area (Å²) in [4.78, 5) is 12.7. The number of benzene rings is 1. The minimum Gasteiger partial charge on any atom is -0.493 e. The molecule has 3 heterocycles. The average Bonchev–Trinajstić information content (AvgIpc) is 2.94. The van der Waals surface area contributed by atoms with Crippen molar-refractivity contribution in [2.75, 3.05) is 0 Å². The van der Waals surface area contributed by atoms with Crippen LogP contribution in [0.4, 0.5) is 0 Å². The summed E-state index contributed by atoms with van der Waals surface area (Å²) in [7, 11) is 0. The molecule has 3 aromatic heterocycles. The molecule has 0 bridgehead atoms. The molecular weight excluding hydrogens is 324 g/mol. The van der Waals surface area contributed by atoms with Crippen LogP contribution in [-0.4, -0.2) is 24.5 Å². The zero-order chi connectivity index (χ0) is 16.5. The maximum Gasteiger partial charge on any atom is 0.214 e. The number of nitrogens with zero attached hydrogens (tertiary/aromatic N) is 4. The first-order valence-electron chi connectivity index (χ1n) is 7.42. The van der Waals surface area contributed by atoms with Crippen LogP contribution >= 0.6 is 11.6 Å². The molecule has 118 valence electrons. The van der Waals surface area contributed by atoms with Crippen molar-refractivity contribution < 1.29 is 5.11 Å². The van der Waals surface area contributed by atoms with Crippen LogP contribution in [0.15, 0.2) is 61.1 Å². The Morgan fingerprint density at radius 2 is 1.88 bits per heavy atom. The predicted octanol–water partition coefficient (Wildman–Crippen LogP) is 3.74. The second-order valence-electron chi connectivity index (χ2n) is 5.39. The zero-order valence-electron chi connectivity index (χ0n) is 12.6. The van der Waals surface area contributed by atoms with Crippen molar-refractivity contribution in [2.45, 2.75) is 6.42 Å². The van der Waals surface area contributed by atoms with Crippen LogP contribution in [0.25, 0.3) is 16.9 Å². The lowest BCUT2D eigenvalue weighted by Crippen LogP contribution is -1.99. The third kappa shape index (κ3) is 2.70. The number of hydrogen-bond donors (Lipinski definition) is 1. The first-order valence-corrected chi connectivity index (χ1v) is 7.80. The van der Waals surface area contributed by atoms with Crippen molar-refractivity contribution in [2.24, 2.45) is 0 Å². The SMILES string of the molecule is Oc1cc(Cc2c(-c3ccc(Cl)cc3)nc3ccccn23)ncn1. The van der Waals surface area contributed by atoms with Gasteiger partial charge in [0.1, 0.15) is 12.0 Å². The van der Waals surface area contributed by atoms with E-state index in [0.717, 1.165) is 28.3 Å². The summed E-state index contributed by atoms with van der Waals surface area (Å²) in [5, 5.41) is 10.3. The first kappa shape index (κ1) is 14.7. The highest BCUT2D eigenvalue weighted by Gasteiger charge is 2.15. The van der Waals surface area contributed by atoms with E-state index in [4.69, 9.17) is 16.6 Å². The quantitative estimate of drug-likeness (QED) is 0.619. The maximum absolute atomic E-state index is 9.58. The van der Waals surface area contributed by atoms with Crippen molar-refractivity contribution >= 4 is 17.2 Å². The van der Waals surface area contributed by atoms with E-state index in [0.29, 0.717) is 11.4 Å². The largest absolute Gasteiger partial charge is 0.493 e. The van der Waals surface area contributed by atoms with Crippen LogP contribution in [0.5, 0.6) is 5.88 Å². The van der Waals surface area contributed by atoms with E-state index in [-0.39, 0.29) is 5.88 Å². The van der Waals surface area contributed by atoms with Gasteiger partial charge in [-0.3, -0.25) is 0 Å². The second-order valence-corrected chi connectivity index (χ2v) is 5.82. The highest BCUT2D eigenvalue weighted by Crippen LogP contribution is 2.27. The summed E-state index contributed by atoms with van der Waals surface area (Å²) in [6, 6.07) is 15.0. The Morgan fingerprint density at radius 3 is 2.67 bits per heavy atom. The van der Waals surface area contributed by atoms with Gasteiger partial charge in [-0.25, -0.2) is 15.0 Å². The number of halogens is 1. The lowest BCUT2D eigenvalue weighted by Gasteiger charge is -2.05. The van der Waals surface area contributed by atoms with Crippen LogP contribution < -0.4 is 0 Å². The minimum absolute atomic E-state index is 0.0399. The van der Waals surface area contributed by atoms with Gasteiger partial charge in [0.05, 0.1) is 17.1 Å². The molecule has 0 atom stereocenters. The molecule has 0 unspecified atom stereocenters. The highest BCUT2D eigenvalue weighted by molar-refractivity contribution is 6.30. The number of aromatic hydroxyl groups is 1. The van der Waals surface area contributed by atoms with Gasteiger partial charge in [0.15, 0.2) is 0 Å². The molecule has 5 nitrogen and oxygen atoms in total. The lowest BCUT2D eigenvalue weighted by molar-refractivity contribution is 0.450. The maximum atomic E-state index is 9.58. The molecule has 0 spiro atoms. The van der Waals surface area contributed by atoms with E-state index in [1.165, 1.54) is 6.33 Å². The minimum atomic E-state index is -0.0399. The van der Waals surface area contributed by atoms with E-state index < -0.39 is 0 Å². The Bertz CT molecular complexity index is 1010. The summed E-state index contributed by atoms with van der Waals surface area (Å²) >= 11 is 5.99. The van der Waals surface area contributed by atoms with E-state index in [1.54, 1.807) is 6.07 Å². The first-order chi connectivity index (χ1) is 11.7. The monoisotopic (exact) mass is 336 g/mol. The summed E-state index contributed by atoms with van der Waals surface area (Å²) in [5.74, 6) is -0.0399. The molecular formula is C18H13ClN4O. The molecule has 0 amide bonds. The van der Waals surface area contributed by atoms with Crippen LogP contribution in [0.3, 0.4) is 0 Å². The third-order valence-electron chi connectivity index (χ3n) is 3.80. The predicted molar refractivity (Wildman–Crippen MR) is 92.1 cm³/mol. The van der Waals surface area contributed by atoms with Crippen molar-refractivity contribution in [3.05, 3.63) is 77.5 Å². The second kappa shape index (κ2) is 5.94. The lowest BCUT2D eigenvalue weighted by atomic mass is 10.1. The van der Waals surface area contributed by atoms with Gasteiger partial charge in [-0.1, -0.05) is 29.8 Å². The van der Waals surface area contributed by atoms with Crippen LogP contribution in [0, 0.1) is 0 Å². The smallest absolute Gasteiger partial charge is 0.214 e. The summed E-state index contributed by atoms with van der Waals surface area (Å²) < 4.78 is 2.03. The number of aromatic nitrogens is 4. The summed E-state index contributed by atoms with van der Waals surface area (Å²) in [6.07, 6.45) is 3.85. The Balaban J connectivity index is 1.88. The molecule has 4 aromatic rings. The fraction of sp³-hybridized carbons (Fsp3) is 0.0556. The Hall–Kier alpha value is -2.92. The molecule has 0 aliphatic heterocycles. The van der Waals surface area contributed by atoms with Crippen molar-refractivity contribution in [1.82, 2.24) is 19.4 Å². The molecule has 0 aliphatic carbocycles. The molecule has 0 saturated heterocycles. The Morgan fingerprint density at radius 1 is 1.04 bits per heavy atom. The molecule has 4 rings (SSSR count). The van der Waals surface area contributed by atoms with Gasteiger partial charge in [0.25, 0.3) is 0 Å². The van der Waals surface area contributed by atoms with Crippen LogP contribution in [0.1, 0.15) is 11.4 Å². The molecule has 0 radical (unpaired) electrons. The Labute approximate surface area is 143 Å². The fourth-order valence-corrected chi connectivity index (χ4v) is 2.83. The number of rotatable bonds is 3. The van der Waals surface area contributed by atoms with E-state index in [1.807, 2.05) is 53.1 Å². The normalized spacial score (nSPS) is 11.0. The topological polar surface area (TPSA) is 63.3 Å². The van der Waals surface area contributed by atoms with Gasteiger partial charge < -0.3 is 9.51 Å². The van der Waals surface area contributed by atoms with Gasteiger partial charge in [0.2, 0.25) is 5.88 Å². The van der Waals surface area contributed by atoms with Gasteiger partial charge in [-0.15, -0.1) is 0 Å². The van der Waals surface area contributed by atoms with Crippen molar-refractivity contribution in [3.8, 4) is 17.1 Å². The number of fused-ring (bicyclic) bond motifs is 1. The molecule has 1 aromatic carbocycles. The van der Waals surface area contributed by atoms with Gasteiger partial charge >= 0.3 is 0 Å². The summed E-state index contributed by atoms with van der Waals surface area (Å²) in [6.45, 7) is 0. The molecule has 1 N–H and O–H groups in total. The van der Waals surface area contributed by atoms with E-state index in [2.05, 4.69) is 9.97 Å². The Kier molecular flexibility index (Phi) is 3.63. The van der Waals surface area contributed by atoms with Gasteiger partial charge in [-0.2, -0.15) is 0 Å². The van der Waals surface area contributed by atoms with Crippen molar-refractivity contribution in [3.63, 3.8) is 0 Å². The van der Waals surface area contributed by atoms with E-state index >= 15 is 0 Å². The van der Waals surface area contributed by atoms with E-state index in [9.17, 15) is 5.11 Å². The third-order valence-corrected chi connectivity index (χ3v) is 4.06. The van der Waals surface area contributed by atoms with Crippen LogP contribution in [0.2, 0.25) is 5.02 Å². The molecule has 0 aliphatic rings. The number of pyridine rings is 1. The summed E-state index contributed by atoms with van der Waals surface area (Å²) in [5.41, 5.74) is 4.43. The molecule has 0 fully saturated rings. The standard InChI is InChI=1S/C18H13ClN4O/c19-13-6-4-12(5-7-13)18-15(9-14-10-17(24)21-11-20-14)23-8-2-1-3-16(23)22-18/h1-8,10-11H,9H2,(H,20,21,24). The fourth-order valence-electron chi connectivity index (χ4n) is 2.71. The average molecular weight is 337 g/mol. The molecule has 6 heteroatoms. The number of imidazole rings is 1.